The molecule has 0 spiro atoms. The fraction of sp³-hybridized carbons (Fsp3) is 1.00. The molecule has 2 rings (SSSR count). The first-order valence-electron chi connectivity index (χ1n) is 8.63. The molecule has 0 aromatic heterocycles. The van der Waals surface area contributed by atoms with Crippen molar-refractivity contribution in [2.75, 3.05) is 19.6 Å². The Bertz CT molecular complexity index is 252. The van der Waals surface area contributed by atoms with Crippen LogP contribution in [0.15, 0.2) is 0 Å². The molecule has 0 aromatic rings. The fourth-order valence-corrected chi connectivity index (χ4v) is 4.16. The Balaban J connectivity index is 1.65. The van der Waals surface area contributed by atoms with Crippen molar-refractivity contribution in [3.05, 3.63) is 0 Å². The summed E-state index contributed by atoms with van der Waals surface area (Å²) in [5, 5.41) is 0. The summed E-state index contributed by atoms with van der Waals surface area (Å²) in [5.41, 5.74) is 5.83. The Labute approximate surface area is 120 Å². The summed E-state index contributed by atoms with van der Waals surface area (Å²) in [6.45, 7) is 8.62. The molecule has 2 N–H and O–H groups in total. The van der Waals surface area contributed by atoms with E-state index in [-0.39, 0.29) is 0 Å². The van der Waals surface area contributed by atoms with E-state index in [2.05, 4.69) is 18.7 Å². The Morgan fingerprint density at radius 1 is 1.05 bits per heavy atom. The van der Waals surface area contributed by atoms with Crippen LogP contribution in [-0.4, -0.2) is 30.6 Å². The van der Waals surface area contributed by atoms with Gasteiger partial charge in [-0.3, -0.25) is 0 Å². The van der Waals surface area contributed by atoms with Crippen molar-refractivity contribution in [3.63, 3.8) is 0 Å². The highest BCUT2D eigenvalue weighted by Gasteiger charge is 2.31. The van der Waals surface area contributed by atoms with Gasteiger partial charge in [-0.2, -0.15) is 0 Å². The average Bonchev–Trinajstić information content (AvgIpc) is 2.38. The van der Waals surface area contributed by atoms with Crippen LogP contribution >= 0.6 is 0 Å². The van der Waals surface area contributed by atoms with Crippen LogP contribution in [0.1, 0.15) is 65.2 Å². The molecule has 1 saturated carbocycles. The third kappa shape index (κ3) is 5.07. The first-order chi connectivity index (χ1) is 9.15. The first kappa shape index (κ1) is 15.3. The van der Waals surface area contributed by atoms with Crippen LogP contribution in [0.5, 0.6) is 0 Å². The number of fused-ring (bicyclic) bond motifs is 1. The van der Waals surface area contributed by atoms with Crippen LogP contribution in [0.25, 0.3) is 0 Å². The van der Waals surface area contributed by atoms with Gasteiger partial charge in [0.25, 0.3) is 0 Å². The Morgan fingerprint density at radius 3 is 2.53 bits per heavy atom. The highest BCUT2D eigenvalue weighted by Crippen LogP contribution is 2.36. The minimum Gasteiger partial charge on any atom is -0.328 e. The lowest BCUT2D eigenvalue weighted by Crippen LogP contribution is -2.43. The third-order valence-corrected chi connectivity index (χ3v) is 5.30. The zero-order valence-corrected chi connectivity index (χ0v) is 13.1. The lowest BCUT2D eigenvalue weighted by atomic mass is 9.75. The Kier molecular flexibility index (Phi) is 6.15. The van der Waals surface area contributed by atoms with Gasteiger partial charge in [-0.1, -0.05) is 32.6 Å². The Hall–Kier alpha value is -0.0800. The smallest absolute Gasteiger partial charge is 0.00124 e. The molecule has 2 fully saturated rings. The number of nitrogens with two attached hydrogens (primary N) is 1. The van der Waals surface area contributed by atoms with Gasteiger partial charge in [-0.05, 0) is 56.9 Å². The predicted molar refractivity (Wildman–Crippen MR) is 83.2 cm³/mol. The first-order valence-corrected chi connectivity index (χ1v) is 8.63. The molecule has 1 aliphatic carbocycles. The molecule has 2 nitrogen and oxygen atoms in total. The lowest BCUT2D eigenvalue weighted by molar-refractivity contribution is 0.0761. The summed E-state index contributed by atoms with van der Waals surface area (Å²) in [6.07, 6.45) is 11.3. The molecule has 0 aromatic carbocycles. The van der Waals surface area contributed by atoms with Crippen molar-refractivity contribution in [1.29, 1.82) is 0 Å². The number of likely N-dealkylation sites (tertiary alicyclic amines) is 1. The van der Waals surface area contributed by atoms with Crippen LogP contribution in [0, 0.1) is 17.8 Å². The van der Waals surface area contributed by atoms with E-state index < -0.39 is 0 Å². The zero-order valence-electron chi connectivity index (χ0n) is 13.1. The van der Waals surface area contributed by atoms with Gasteiger partial charge in [0.15, 0.2) is 0 Å². The lowest BCUT2D eigenvalue weighted by Gasteiger charge is -2.42. The largest absolute Gasteiger partial charge is 0.328 e. The van der Waals surface area contributed by atoms with E-state index in [1.54, 1.807) is 0 Å². The maximum atomic E-state index is 5.83. The summed E-state index contributed by atoms with van der Waals surface area (Å²) < 4.78 is 0. The number of hydrogen-bond donors (Lipinski definition) is 1. The standard InChI is InChI=1S/C17H34N2/c1-14(6-5-7-15(2)18)12-19-11-10-16-8-3-4-9-17(16)13-19/h14-17H,3-13,18H2,1-2H3. The van der Waals surface area contributed by atoms with Crippen LogP contribution < -0.4 is 5.73 Å². The van der Waals surface area contributed by atoms with Gasteiger partial charge in [-0.25, -0.2) is 0 Å². The van der Waals surface area contributed by atoms with Gasteiger partial charge in [0.05, 0.1) is 0 Å². The van der Waals surface area contributed by atoms with E-state index in [0.717, 1.165) is 17.8 Å². The third-order valence-electron chi connectivity index (χ3n) is 5.30. The van der Waals surface area contributed by atoms with E-state index in [1.807, 2.05) is 0 Å². The molecular weight excluding hydrogens is 232 g/mol. The number of nitrogens with zero attached hydrogens (tertiary/aromatic N) is 1. The highest BCUT2D eigenvalue weighted by molar-refractivity contribution is 4.84. The van der Waals surface area contributed by atoms with Crippen LogP contribution in [0.4, 0.5) is 0 Å². The summed E-state index contributed by atoms with van der Waals surface area (Å²) in [5.74, 6) is 2.94. The molecule has 112 valence electrons. The van der Waals surface area contributed by atoms with Crippen molar-refractivity contribution in [2.24, 2.45) is 23.5 Å². The quantitative estimate of drug-likeness (QED) is 0.795. The van der Waals surface area contributed by atoms with E-state index in [0.29, 0.717) is 6.04 Å². The average molecular weight is 266 g/mol. The van der Waals surface area contributed by atoms with Crippen molar-refractivity contribution >= 4 is 0 Å². The van der Waals surface area contributed by atoms with Crippen molar-refractivity contribution in [1.82, 2.24) is 4.90 Å². The molecule has 2 aliphatic rings. The molecule has 1 aliphatic heterocycles. The fourth-order valence-electron chi connectivity index (χ4n) is 4.16. The second-order valence-electron chi connectivity index (χ2n) is 7.37. The van der Waals surface area contributed by atoms with Crippen LogP contribution in [-0.2, 0) is 0 Å². The van der Waals surface area contributed by atoms with Gasteiger partial charge in [-0.15, -0.1) is 0 Å². The molecule has 19 heavy (non-hydrogen) atoms. The van der Waals surface area contributed by atoms with Gasteiger partial charge in [0.2, 0.25) is 0 Å². The molecular formula is C17H34N2. The van der Waals surface area contributed by atoms with Gasteiger partial charge < -0.3 is 10.6 Å². The van der Waals surface area contributed by atoms with E-state index in [4.69, 9.17) is 5.73 Å². The van der Waals surface area contributed by atoms with Gasteiger partial charge >= 0.3 is 0 Å². The maximum absolute atomic E-state index is 5.83. The SMILES string of the molecule is CC(N)CCCC(C)CN1CCC2CCCCC2C1. The molecule has 4 atom stereocenters. The van der Waals surface area contributed by atoms with E-state index in [9.17, 15) is 0 Å². The topological polar surface area (TPSA) is 29.3 Å². The van der Waals surface area contributed by atoms with E-state index in [1.165, 1.54) is 71.0 Å². The zero-order chi connectivity index (χ0) is 13.7. The molecule has 4 unspecified atom stereocenters. The predicted octanol–water partition coefficient (Wildman–Crippen LogP) is 3.65. The minimum atomic E-state index is 0.380. The van der Waals surface area contributed by atoms with Crippen LogP contribution in [0.2, 0.25) is 0 Å². The second-order valence-corrected chi connectivity index (χ2v) is 7.37. The van der Waals surface area contributed by atoms with Gasteiger partial charge in [0, 0.05) is 19.1 Å². The van der Waals surface area contributed by atoms with Gasteiger partial charge in [0.1, 0.15) is 0 Å². The summed E-state index contributed by atoms with van der Waals surface area (Å²) in [7, 11) is 0. The second kappa shape index (κ2) is 7.64. The molecule has 0 radical (unpaired) electrons. The Morgan fingerprint density at radius 2 is 1.79 bits per heavy atom. The number of hydrogen-bond acceptors (Lipinski definition) is 2. The monoisotopic (exact) mass is 266 g/mol. The highest BCUT2D eigenvalue weighted by atomic mass is 15.1. The van der Waals surface area contributed by atoms with Crippen molar-refractivity contribution < 1.29 is 0 Å². The van der Waals surface area contributed by atoms with Crippen LogP contribution in [0.3, 0.4) is 0 Å². The van der Waals surface area contributed by atoms with Crippen molar-refractivity contribution in [3.8, 4) is 0 Å². The number of rotatable bonds is 6. The number of piperidine rings is 1. The summed E-state index contributed by atoms with van der Waals surface area (Å²) in [6, 6.07) is 0.380. The minimum absolute atomic E-state index is 0.380. The normalized spacial score (nSPS) is 31.7. The van der Waals surface area contributed by atoms with E-state index >= 15 is 0 Å². The molecule has 0 bridgehead atoms. The molecule has 0 amide bonds. The maximum Gasteiger partial charge on any atom is 0.00124 e. The summed E-state index contributed by atoms with van der Waals surface area (Å²) >= 11 is 0. The molecule has 1 heterocycles. The van der Waals surface area contributed by atoms with Crippen molar-refractivity contribution in [2.45, 2.75) is 71.3 Å². The molecule has 2 heteroatoms. The molecule has 1 saturated heterocycles. The summed E-state index contributed by atoms with van der Waals surface area (Å²) in [4.78, 5) is 2.75.